The van der Waals surface area contributed by atoms with Crippen molar-refractivity contribution in [2.75, 3.05) is 27.2 Å². The summed E-state index contributed by atoms with van der Waals surface area (Å²) >= 11 is 0. The van der Waals surface area contributed by atoms with Gasteiger partial charge in [0.05, 0.1) is 20.1 Å². The van der Waals surface area contributed by atoms with Gasteiger partial charge in [-0.2, -0.15) is 5.43 Å². The number of methoxy groups -OCH3 is 1. The fourth-order valence-corrected chi connectivity index (χ4v) is 1.36. The third-order valence-electron chi connectivity index (χ3n) is 2.42. The number of quaternary nitrogens is 1. The van der Waals surface area contributed by atoms with E-state index in [1.807, 2.05) is 0 Å². The van der Waals surface area contributed by atoms with Crippen molar-refractivity contribution < 1.29 is 26.6 Å². The summed E-state index contributed by atoms with van der Waals surface area (Å²) in [4.78, 5) is 0. The number of nitrogens with zero attached hydrogens (tertiary/aromatic N) is 1. The molecule has 1 rings (SSSR count). The molecule has 0 amide bonds. The fourth-order valence-electron chi connectivity index (χ4n) is 1.36. The molecule has 2 unspecified atom stereocenters. The first-order valence-corrected chi connectivity index (χ1v) is 4.69. The van der Waals surface area contributed by atoms with Crippen molar-refractivity contribution in [2.45, 2.75) is 19.6 Å². The van der Waals surface area contributed by atoms with Gasteiger partial charge >= 0.3 is 7.25 Å². The summed E-state index contributed by atoms with van der Waals surface area (Å²) in [5.41, 5.74) is 3.40. The maximum absolute atomic E-state index is 9.75. The summed E-state index contributed by atoms with van der Waals surface area (Å²) in [6.07, 6.45) is 1.52. The molecule has 3 nitrogen and oxygen atoms in total. The Morgan fingerprint density at radius 3 is 2.07 bits per heavy atom. The van der Waals surface area contributed by atoms with Crippen LogP contribution < -0.4 is 5.43 Å². The second-order valence-corrected chi connectivity index (χ2v) is 3.58. The molecule has 2 atom stereocenters. The van der Waals surface area contributed by atoms with E-state index < -0.39 is 7.25 Å². The van der Waals surface area contributed by atoms with Gasteiger partial charge in [-0.1, -0.05) is 0 Å². The molecule has 0 saturated carbocycles. The number of hydrogen-bond acceptors (Lipinski definition) is 2. The summed E-state index contributed by atoms with van der Waals surface area (Å²) in [6, 6.07) is 0. The van der Waals surface area contributed by atoms with Crippen LogP contribution in [0.3, 0.4) is 0 Å². The summed E-state index contributed by atoms with van der Waals surface area (Å²) in [5, 5.41) is 0. The van der Waals surface area contributed by atoms with Crippen LogP contribution in [-0.2, 0) is 4.74 Å². The van der Waals surface area contributed by atoms with Gasteiger partial charge in [-0.25, -0.2) is 4.59 Å². The second-order valence-electron chi connectivity index (χ2n) is 3.58. The Kier molecular flexibility index (Phi) is 5.54. The van der Waals surface area contributed by atoms with E-state index in [2.05, 4.69) is 19.4 Å². The zero-order chi connectivity index (χ0) is 12.1. The molecular weight excluding hydrogens is 215 g/mol. The van der Waals surface area contributed by atoms with Gasteiger partial charge in [0.1, 0.15) is 0 Å². The first-order valence-electron chi connectivity index (χ1n) is 4.69. The highest BCUT2D eigenvalue weighted by atomic mass is 19.5. The monoisotopic (exact) mass is 232 g/mol. The molecule has 0 radical (unpaired) electrons. The Labute approximate surface area is 87.0 Å². The molecule has 0 bridgehead atoms. The van der Waals surface area contributed by atoms with Crippen LogP contribution in [0.15, 0.2) is 0 Å². The number of hydrogen-bond donors (Lipinski definition) is 1. The van der Waals surface area contributed by atoms with E-state index >= 15 is 0 Å². The standard InChI is InChI=1S/C7H17N2O.BF4/c1-7(10-3)9(2)6-4-5-8-9;2-1(3,4)5/h7-8H,4-6H2,1-3H3;/q+1;-1. The summed E-state index contributed by atoms with van der Waals surface area (Å²) in [5.74, 6) is 0. The first-order chi connectivity index (χ1) is 6.69. The number of nitrogens with one attached hydrogen (secondary N) is 1. The van der Waals surface area contributed by atoms with Crippen LogP contribution in [0.2, 0.25) is 0 Å². The van der Waals surface area contributed by atoms with Gasteiger partial charge in [0, 0.05) is 20.5 Å². The van der Waals surface area contributed by atoms with Crippen molar-refractivity contribution in [3.63, 3.8) is 0 Å². The first kappa shape index (κ1) is 14.7. The van der Waals surface area contributed by atoms with Gasteiger partial charge in [0.15, 0.2) is 0 Å². The lowest BCUT2D eigenvalue weighted by Crippen LogP contribution is -2.56. The summed E-state index contributed by atoms with van der Waals surface area (Å²) in [7, 11) is -2.07. The van der Waals surface area contributed by atoms with E-state index in [1.165, 1.54) is 13.0 Å². The van der Waals surface area contributed by atoms with Gasteiger partial charge in [0.2, 0.25) is 6.23 Å². The predicted octanol–water partition coefficient (Wildman–Crippen LogP) is 1.63. The van der Waals surface area contributed by atoms with Crippen LogP contribution in [0.25, 0.3) is 0 Å². The molecule has 0 spiro atoms. The van der Waals surface area contributed by atoms with E-state index in [0.717, 1.165) is 11.1 Å². The summed E-state index contributed by atoms with van der Waals surface area (Å²) in [6.45, 7) is 4.39. The Bertz CT molecular complexity index is 178. The molecule has 0 aliphatic carbocycles. The molecule has 1 aliphatic rings. The molecule has 1 aliphatic heterocycles. The largest absolute Gasteiger partial charge is 0.673 e. The van der Waals surface area contributed by atoms with Crippen LogP contribution in [0, 0.1) is 0 Å². The molecule has 1 saturated heterocycles. The number of ether oxygens (including phenoxy) is 1. The molecule has 0 aromatic carbocycles. The van der Waals surface area contributed by atoms with E-state index in [0.29, 0.717) is 0 Å². The highest BCUT2D eigenvalue weighted by Crippen LogP contribution is 2.12. The van der Waals surface area contributed by atoms with Crippen molar-refractivity contribution in [2.24, 2.45) is 0 Å². The van der Waals surface area contributed by atoms with Gasteiger partial charge in [0.25, 0.3) is 0 Å². The van der Waals surface area contributed by atoms with Gasteiger partial charge in [-0.05, 0) is 0 Å². The van der Waals surface area contributed by atoms with Crippen LogP contribution >= 0.6 is 0 Å². The Morgan fingerprint density at radius 2 is 1.80 bits per heavy atom. The molecule has 0 aromatic rings. The van der Waals surface area contributed by atoms with Gasteiger partial charge in [-0.3, -0.25) is 0 Å². The predicted molar refractivity (Wildman–Crippen MR) is 50.3 cm³/mol. The molecule has 15 heavy (non-hydrogen) atoms. The van der Waals surface area contributed by atoms with E-state index in [4.69, 9.17) is 4.74 Å². The summed E-state index contributed by atoms with van der Waals surface area (Å²) < 4.78 is 45.1. The minimum Gasteiger partial charge on any atom is -0.418 e. The highest BCUT2D eigenvalue weighted by molar-refractivity contribution is 6.50. The van der Waals surface area contributed by atoms with Crippen molar-refractivity contribution >= 4 is 7.25 Å². The van der Waals surface area contributed by atoms with Crippen LogP contribution in [-0.4, -0.2) is 45.3 Å². The second kappa shape index (κ2) is 5.67. The van der Waals surface area contributed by atoms with Crippen LogP contribution in [0.5, 0.6) is 0 Å². The minimum absolute atomic E-state index is 0.266. The average molecular weight is 232 g/mol. The van der Waals surface area contributed by atoms with Crippen molar-refractivity contribution in [1.82, 2.24) is 5.43 Å². The smallest absolute Gasteiger partial charge is 0.418 e. The topological polar surface area (TPSA) is 21.3 Å². The Morgan fingerprint density at radius 1 is 1.33 bits per heavy atom. The molecular formula is C7H17BF4N2O. The molecule has 1 heterocycles. The van der Waals surface area contributed by atoms with Gasteiger partial charge in [-0.15, -0.1) is 0 Å². The SMILES string of the molecule is COC(C)[N+]1(C)CCCN1.F[B-](F)(F)F. The maximum atomic E-state index is 9.75. The van der Waals surface area contributed by atoms with E-state index in [1.54, 1.807) is 7.11 Å². The molecule has 1 fully saturated rings. The number of rotatable bonds is 2. The maximum Gasteiger partial charge on any atom is 0.673 e. The lowest BCUT2D eigenvalue weighted by Gasteiger charge is -2.32. The zero-order valence-electron chi connectivity index (χ0n) is 9.14. The number of halogens is 4. The van der Waals surface area contributed by atoms with Gasteiger partial charge < -0.3 is 22.0 Å². The Hall–Kier alpha value is -0.335. The van der Waals surface area contributed by atoms with Crippen molar-refractivity contribution in [1.29, 1.82) is 0 Å². The van der Waals surface area contributed by atoms with E-state index in [9.17, 15) is 17.3 Å². The molecule has 0 aromatic heterocycles. The quantitative estimate of drug-likeness (QED) is 0.444. The normalized spacial score (nSPS) is 28.2. The molecule has 1 N–H and O–H groups in total. The lowest BCUT2D eigenvalue weighted by molar-refractivity contribution is -0.980. The average Bonchev–Trinajstić information content (AvgIpc) is 2.49. The third kappa shape index (κ3) is 6.70. The molecule has 92 valence electrons. The lowest BCUT2D eigenvalue weighted by atomic mass is 10.3. The highest BCUT2D eigenvalue weighted by Gasteiger charge is 2.32. The van der Waals surface area contributed by atoms with Crippen LogP contribution in [0.1, 0.15) is 13.3 Å². The van der Waals surface area contributed by atoms with E-state index in [-0.39, 0.29) is 6.23 Å². The molecule has 8 heteroatoms. The minimum atomic E-state index is -6.00. The Balaban J connectivity index is 0.000000336. The van der Waals surface area contributed by atoms with Crippen molar-refractivity contribution in [3.8, 4) is 0 Å². The fraction of sp³-hybridized carbons (Fsp3) is 1.00. The zero-order valence-corrected chi connectivity index (χ0v) is 9.14. The van der Waals surface area contributed by atoms with Crippen molar-refractivity contribution in [3.05, 3.63) is 0 Å². The third-order valence-corrected chi connectivity index (χ3v) is 2.42. The van der Waals surface area contributed by atoms with Crippen LogP contribution in [0.4, 0.5) is 17.3 Å².